The lowest BCUT2D eigenvalue weighted by molar-refractivity contribution is -0.121. The highest BCUT2D eigenvalue weighted by atomic mass is 35.5. The second-order valence-electron chi connectivity index (χ2n) is 4.30. The minimum Gasteiger partial charge on any atom is -0.353 e. The molecule has 0 atom stereocenters. The standard InChI is InChI=1S/C12H15ClN2O/c13-9-3-1-8(2-4-9)5-12(16)15-11-6-10(14)7-11/h1-4,10-11H,5-7,14H2,(H,15,16). The molecule has 0 bridgehead atoms. The van der Waals surface area contributed by atoms with Crippen LogP contribution < -0.4 is 11.1 Å². The number of nitrogens with one attached hydrogen (secondary N) is 1. The molecule has 0 spiro atoms. The number of hydrogen-bond donors (Lipinski definition) is 2. The largest absolute Gasteiger partial charge is 0.353 e. The molecule has 0 aromatic heterocycles. The molecule has 1 saturated carbocycles. The fraction of sp³-hybridized carbons (Fsp3) is 0.417. The molecule has 1 aliphatic rings. The van der Waals surface area contributed by atoms with Crippen molar-refractivity contribution in [3.63, 3.8) is 0 Å². The van der Waals surface area contributed by atoms with Crippen LogP contribution >= 0.6 is 11.6 Å². The van der Waals surface area contributed by atoms with Gasteiger partial charge in [-0.1, -0.05) is 23.7 Å². The topological polar surface area (TPSA) is 55.1 Å². The first-order chi connectivity index (χ1) is 7.63. The van der Waals surface area contributed by atoms with Gasteiger partial charge in [0.1, 0.15) is 0 Å². The predicted molar refractivity (Wildman–Crippen MR) is 64.3 cm³/mol. The first kappa shape index (κ1) is 11.4. The summed E-state index contributed by atoms with van der Waals surface area (Å²) in [6.07, 6.45) is 2.20. The lowest BCUT2D eigenvalue weighted by atomic mass is 9.87. The molecule has 86 valence electrons. The van der Waals surface area contributed by atoms with Crippen molar-refractivity contribution < 1.29 is 4.79 Å². The highest BCUT2D eigenvalue weighted by Gasteiger charge is 2.26. The zero-order valence-corrected chi connectivity index (χ0v) is 9.70. The van der Waals surface area contributed by atoms with E-state index >= 15 is 0 Å². The fourth-order valence-corrected chi connectivity index (χ4v) is 1.97. The molecule has 1 aliphatic carbocycles. The van der Waals surface area contributed by atoms with Gasteiger partial charge in [-0.3, -0.25) is 4.79 Å². The highest BCUT2D eigenvalue weighted by molar-refractivity contribution is 6.30. The summed E-state index contributed by atoms with van der Waals surface area (Å²) >= 11 is 5.77. The second-order valence-corrected chi connectivity index (χ2v) is 4.74. The third kappa shape index (κ3) is 2.97. The molecule has 0 saturated heterocycles. The maximum absolute atomic E-state index is 11.6. The maximum atomic E-state index is 11.6. The number of rotatable bonds is 3. The molecule has 0 unspecified atom stereocenters. The van der Waals surface area contributed by atoms with Crippen molar-refractivity contribution in [2.24, 2.45) is 5.73 Å². The second kappa shape index (κ2) is 4.85. The summed E-state index contributed by atoms with van der Waals surface area (Å²) in [6.45, 7) is 0. The van der Waals surface area contributed by atoms with Crippen LogP contribution in [0.2, 0.25) is 5.02 Å². The number of carbonyl (C=O) groups excluding carboxylic acids is 1. The first-order valence-electron chi connectivity index (χ1n) is 5.43. The smallest absolute Gasteiger partial charge is 0.224 e. The van der Waals surface area contributed by atoms with E-state index in [4.69, 9.17) is 17.3 Å². The van der Waals surface area contributed by atoms with E-state index in [1.807, 2.05) is 12.1 Å². The summed E-state index contributed by atoms with van der Waals surface area (Å²) in [5.41, 5.74) is 6.63. The highest BCUT2D eigenvalue weighted by Crippen LogP contribution is 2.17. The third-order valence-electron chi connectivity index (χ3n) is 2.82. The van der Waals surface area contributed by atoms with Gasteiger partial charge in [0.25, 0.3) is 0 Å². The van der Waals surface area contributed by atoms with Crippen LogP contribution in [0.3, 0.4) is 0 Å². The van der Waals surface area contributed by atoms with Crippen LogP contribution in [0.15, 0.2) is 24.3 Å². The molecule has 3 N–H and O–H groups in total. The monoisotopic (exact) mass is 238 g/mol. The quantitative estimate of drug-likeness (QED) is 0.838. The Balaban J connectivity index is 1.80. The van der Waals surface area contributed by atoms with E-state index in [1.54, 1.807) is 12.1 Å². The van der Waals surface area contributed by atoms with Crippen molar-refractivity contribution in [1.82, 2.24) is 5.32 Å². The Labute approximate surface area is 100.0 Å². The van der Waals surface area contributed by atoms with Gasteiger partial charge in [0.05, 0.1) is 6.42 Å². The maximum Gasteiger partial charge on any atom is 0.224 e. The van der Waals surface area contributed by atoms with Crippen LogP contribution in [0.5, 0.6) is 0 Å². The van der Waals surface area contributed by atoms with Gasteiger partial charge >= 0.3 is 0 Å². The molecule has 16 heavy (non-hydrogen) atoms. The van der Waals surface area contributed by atoms with E-state index in [0.29, 0.717) is 11.4 Å². The molecule has 1 fully saturated rings. The van der Waals surface area contributed by atoms with Gasteiger partial charge in [-0.05, 0) is 30.5 Å². The van der Waals surface area contributed by atoms with Gasteiger partial charge in [0.15, 0.2) is 0 Å². The number of amides is 1. The molecule has 0 radical (unpaired) electrons. The van der Waals surface area contributed by atoms with Crippen LogP contribution in [0.25, 0.3) is 0 Å². The zero-order valence-electron chi connectivity index (χ0n) is 8.95. The molecule has 1 aromatic carbocycles. The van der Waals surface area contributed by atoms with Crippen LogP contribution in [0, 0.1) is 0 Å². The van der Waals surface area contributed by atoms with Crippen molar-refractivity contribution in [3.05, 3.63) is 34.9 Å². The lowest BCUT2D eigenvalue weighted by Crippen LogP contribution is -2.50. The molecule has 3 nitrogen and oxygen atoms in total. The van der Waals surface area contributed by atoms with Gasteiger partial charge < -0.3 is 11.1 Å². The number of nitrogens with two attached hydrogens (primary N) is 1. The van der Waals surface area contributed by atoms with Crippen LogP contribution in [-0.4, -0.2) is 18.0 Å². The van der Waals surface area contributed by atoms with Gasteiger partial charge in [-0.25, -0.2) is 0 Å². The molecule has 2 rings (SSSR count). The summed E-state index contributed by atoms with van der Waals surface area (Å²) in [5, 5.41) is 3.65. The van der Waals surface area contributed by atoms with Crippen molar-refractivity contribution in [2.45, 2.75) is 31.3 Å². The minimum absolute atomic E-state index is 0.0548. The van der Waals surface area contributed by atoms with Crippen molar-refractivity contribution >= 4 is 17.5 Å². The summed E-state index contributed by atoms with van der Waals surface area (Å²) in [5.74, 6) is 0.0548. The van der Waals surface area contributed by atoms with Gasteiger partial charge in [-0.15, -0.1) is 0 Å². The number of benzene rings is 1. The summed E-state index contributed by atoms with van der Waals surface area (Å²) in [6, 6.07) is 7.87. The number of halogens is 1. The Morgan fingerprint density at radius 1 is 1.38 bits per heavy atom. The van der Waals surface area contributed by atoms with E-state index in [2.05, 4.69) is 5.32 Å². The Morgan fingerprint density at radius 3 is 2.56 bits per heavy atom. The van der Waals surface area contributed by atoms with Gasteiger partial charge in [-0.2, -0.15) is 0 Å². The third-order valence-corrected chi connectivity index (χ3v) is 3.07. The molecule has 4 heteroatoms. The SMILES string of the molecule is NC1CC(NC(=O)Cc2ccc(Cl)cc2)C1. The Morgan fingerprint density at radius 2 is 2.00 bits per heavy atom. The van der Waals surface area contributed by atoms with Gasteiger partial charge in [0.2, 0.25) is 5.91 Å². The molecule has 0 aliphatic heterocycles. The Bertz CT molecular complexity index is 371. The number of hydrogen-bond acceptors (Lipinski definition) is 2. The summed E-state index contributed by atoms with van der Waals surface area (Å²) < 4.78 is 0. The lowest BCUT2D eigenvalue weighted by Gasteiger charge is -2.32. The van der Waals surface area contributed by atoms with E-state index in [-0.39, 0.29) is 18.0 Å². The molecule has 1 amide bonds. The van der Waals surface area contributed by atoms with E-state index in [1.165, 1.54) is 0 Å². The average molecular weight is 239 g/mol. The number of carbonyl (C=O) groups is 1. The molecule has 0 heterocycles. The predicted octanol–water partition coefficient (Wildman–Crippen LogP) is 1.49. The molecular formula is C12H15ClN2O. The van der Waals surface area contributed by atoms with Crippen molar-refractivity contribution in [2.75, 3.05) is 0 Å². The summed E-state index contributed by atoms with van der Waals surface area (Å²) in [4.78, 5) is 11.6. The molecular weight excluding hydrogens is 224 g/mol. The van der Waals surface area contributed by atoms with Crippen LogP contribution in [0.4, 0.5) is 0 Å². The van der Waals surface area contributed by atoms with E-state index in [9.17, 15) is 4.79 Å². The van der Waals surface area contributed by atoms with Crippen molar-refractivity contribution in [1.29, 1.82) is 0 Å². The summed E-state index contributed by atoms with van der Waals surface area (Å²) in [7, 11) is 0. The Kier molecular flexibility index (Phi) is 3.46. The zero-order chi connectivity index (χ0) is 11.5. The van der Waals surface area contributed by atoms with Gasteiger partial charge in [0, 0.05) is 17.1 Å². The van der Waals surface area contributed by atoms with Crippen LogP contribution in [0.1, 0.15) is 18.4 Å². The fourth-order valence-electron chi connectivity index (χ4n) is 1.85. The average Bonchev–Trinajstić information content (AvgIpc) is 2.19. The van der Waals surface area contributed by atoms with Crippen LogP contribution in [-0.2, 0) is 11.2 Å². The van der Waals surface area contributed by atoms with Crippen molar-refractivity contribution in [3.8, 4) is 0 Å². The molecule has 1 aromatic rings. The van der Waals surface area contributed by atoms with E-state index in [0.717, 1.165) is 18.4 Å². The van der Waals surface area contributed by atoms with E-state index < -0.39 is 0 Å². The minimum atomic E-state index is 0.0548. The first-order valence-corrected chi connectivity index (χ1v) is 5.80. The normalized spacial score (nSPS) is 23.6. The Hall–Kier alpha value is -1.06.